The van der Waals surface area contributed by atoms with Crippen molar-refractivity contribution in [2.24, 2.45) is 0 Å². The molecule has 0 spiro atoms. The molecule has 0 aliphatic carbocycles. The molecule has 26 heavy (non-hydrogen) atoms. The van der Waals surface area contributed by atoms with Gasteiger partial charge in [-0.1, -0.05) is 0 Å². The van der Waals surface area contributed by atoms with Crippen LogP contribution in [0, 0.1) is 5.82 Å². The van der Waals surface area contributed by atoms with Gasteiger partial charge in [-0.3, -0.25) is 4.79 Å². The van der Waals surface area contributed by atoms with Crippen LogP contribution in [0.15, 0.2) is 53.7 Å². The summed E-state index contributed by atoms with van der Waals surface area (Å²) in [6.45, 7) is 0. The van der Waals surface area contributed by atoms with Crippen LogP contribution in [0.2, 0.25) is 0 Å². The monoisotopic (exact) mass is 373 g/mol. The first-order valence-electron chi connectivity index (χ1n) is 8.15. The normalized spacial score (nSPS) is 18.9. The highest BCUT2D eigenvalue weighted by Gasteiger charge is 2.31. The van der Waals surface area contributed by atoms with E-state index < -0.39 is 9.84 Å². The number of benzene rings is 1. The molecule has 1 aromatic carbocycles. The molecule has 0 bridgehead atoms. The first-order valence-corrected chi connectivity index (χ1v) is 9.97. The smallest absolute Gasteiger partial charge is 0.247 e. The van der Waals surface area contributed by atoms with Crippen molar-refractivity contribution in [3.8, 4) is 22.5 Å². The molecule has 1 atom stereocenters. The second-order valence-corrected chi connectivity index (χ2v) is 8.58. The van der Waals surface area contributed by atoms with E-state index in [1.165, 1.54) is 18.2 Å². The van der Waals surface area contributed by atoms with E-state index >= 15 is 0 Å². The summed E-state index contributed by atoms with van der Waals surface area (Å²) in [7, 11) is -3.07. The largest absolute Gasteiger partial charge is 0.328 e. The van der Waals surface area contributed by atoms with Gasteiger partial charge in [-0.25, -0.2) is 17.8 Å². The van der Waals surface area contributed by atoms with Crippen LogP contribution in [0.3, 0.4) is 0 Å². The van der Waals surface area contributed by atoms with E-state index in [0.717, 1.165) is 0 Å². The second-order valence-electron chi connectivity index (χ2n) is 6.35. The lowest BCUT2D eigenvalue weighted by Crippen LogP contribution is -2.12. The Hall–Kier alpha value is -2.74. The van der Waals surface area contributed by atoms with E-state index in [9.17, 15) is 17.6 Å². The van der Waals surface area contributed by atoms with Gasteiger partial charge in [-0.15, -0.1) is 0 Å². The third-order valence-electron chi connectivity index (χ3n) is 4.57. The topological polar surface area (TPSA) is 84.8 Å². The molecule has 1 aliphatic heterocycles. The van der Waals surface area contributed by atoms with E-state index in [2.05, 4.69) is 9.97 Å². The molecule has 0 saturated carbocycles. The third kappa shape index (κ3) is 3.08. The molecule has 1 N–H and O–H groups in total. The lowest BCUT2D eigenvalue weighted by Gasteiger charge is -2.15. The summed E-state index contributed by atoms with van der Waals surface area (Å²) in [5.74, 6) is -0.143. The molecule has 3 aromatic rings. The lowest BCUT2D eigenvalue weighted by molar-refractivity contribution is 0.559. The number of sulfone groups is 1. The Morgan fingerprint density at radius 2 is 1.85 bits per heavy atom. The summed E-state index contributed by atoms with van der Waals surface area (Å²) in [5, 5.41) is 0. The number of H-pyrrole nitrogens is 1. The molecule has 3 heterocycles. The van der Waals surface area contributed by atoms with E-state index in [0.29, 0.717) is 28.9 Å². The van der Waals surface area contributed by atoms with E-state index in [1.807, 2.05) is 4.57 Å². The molecular weight excluding hydrogens is 357 g/mol. The average molecular weight is 373 g/mol. The number of aromatic nitrogens is 3. The summed E-state index contributed by atoms with van der Waals surface area (Å²) >= 11 is 0. The summed E-state index contributed by atoms with van der Waals surface area (Å²) in [6.07, 6.45) is 3.70. The quantitative estimate of drug-likeness (QED) is 0.764. The number of imidazole rings is 1. The number of hydrogen-bond donors (Lipinski definition) is 1. The molecule has 1 unspecified atom stereocenters. The summed E-state index contributed by atoms with van der Waals surface area (Å²) in [5.41, 5.74) is 2.51. The van der Waals surface area contributed by atoms with Crippen molar-refractivity contribution in [2.75, 3.05) is 11.5 Å². The van der Waals surface area contributed by atoms with Crippen molar-refractivity contribution in [2.45, 2.75) is 12.5 Å². The first kappa shape index (κ1) is 16.7. The summed E-state index contributed by atoms with van der Waals surface area (Å²) in [4.78, 5) is 18.5. The van der Waals surface area contributed by atoms with Gasteiger partial charge >= 0.3 is 0 Å². The van der Waals surface area contributed by atoms with Crippen molar-refractivity contribution >= 4 is 9.84 Å². The molecule has 1 fully saturated rings. The summed E-state index contributed by atoms with van der Waals surface area (Å²) < 4.78 is 38.9. The van der Waals surface area contributed by atoms with Gasteiger partial charge in [0.25, 0.3) is 0 Å². The molecule has 0 amide bonds. The fourth-order valence-corrected chi connectivity index (χ4v) is 5.01. The lowest BCUT2D eigenvalue weighted by atomic mass is 10.1. The van der Waals surface area contributed by atoms with Gasteiger partial charge in [0.2, 0.25) is 5.56 Å². The number of halogens is 1. The number of nitrogens with one attached hydrogen (secondary N) is 1. The van der Waals surface area contributed by atoms with Crippen LogP contribution < -0.4 is 5.56 Å². The Bertz CT molecular complexity index is 1100. The van der Waals surface area contributed by atoms with Gasteiger partial charge in [-0.05, 0) is 36.8 Å². The minimum Gasteiger partial charge on any atom is -0.328 e. The second kappa shape index (κ2) is 6.21. The number of aromatic amines is 1. The first-order chi connectivity index (χ1) is 12.4. The zero-order valence-electron chi connectivity index (χ0n) is 13.7. The van der Waals surface area contributed by atoms with Crippen molar-refractivity contribution < 1.29 is 12.8 Å². The predicted molar refractivity (Wildman–Crippen MR) is 96.0 cm³/mol. The fraction of sp³-hybridized carbons (Fsp3) is 0.222. The number of hydrogen-bond acceptors (Lipinski definition) is 4. The molecule has 6 nitrogen and oxygen atoms in total. The Morgan fingerprint density at radius 1 is 1.12 bits per heavy atom. The molecule has 0 radical (unpaired) electrons. The van der Waals surface area contributed by atoms with E-state index in [4.69, 9.17) is 0 Å². The minimum absolute atomic E-state index is 0.0581. The number of rotatable bonds is 3. The molecule has 134 valence electrons. The maximum atomic E-state index is 13.3. The van der Waals surface area contributed by atoms with Gasteiger partial charge in [0.05, 0.1) is 35.3 Å². The number of pyridine rings is 1. The van der Waals surface area contributed by atoms with Crippen LogP contribution in [0.25, 0.3) is 22.5 Å². The van der Waals surface area contributed by atoms with Crippen molar-refractivity contribution in [3.05, 3.63) is 65.1 Å². The minimum atomic E-state index is -3.07. The molecule has 2 aromatic heterocycles. The van der Waals surface area contributed by atoms with Crippen LogP contribution in [0.5, 0.6) is 0 Å². The third-order valence-corrected chi connectivity index (χ3v) is 6.32. The SMILES string of the molecule is O=c1ccc(-c2c(-c3ccc(F)cc3)ncn2C2CCS(=O)(=O)C2)c[nH]1. The maximum Gasteiger partial charge on any atom is 0.247 e. The van der Waals surface area contributed by atoms with Crippen LogP contribution in [-0.2, 0) is 9.84 Å². The molecular formula is C18H16FN3O3S. The van der Waals surface area contributed by atoms with Gasteiger partial charge in [-0.2, -0.15) is 0 Å². The predicted octanol–water partition coefficient (Wildman–Crippen LogP) is 2.40. The van der Waals surface area contributed by atoms with Crippen LogP contribution in [0.4, 0.5) is 4.39 Å². The molecule has 4 rings (SSSR count). The van der Waals surface area contributed by atoms with Crippen molar-refractivity contribution in [1.29, 1.82) is 0 Å². The van der Waals surface area contributed by atoms with E-state index in [1.54, 1.807) is 30.7 Å². The zero-order chi connectivity index (χ0) is 18.3. The highest BCUT2D eigenvalue weighted by molar-refractivity contribution is 7.91. The zero-order valence-corrected chi connectivity index (χ0v) is 14.5. The molecule has 1 aliphatic rings. The van der Waals surface area contributed by atoms with Gasteiger partial charge in [0.15, 0.2) is 9.84 Å². The van der Waals surface area contributed by atoms with Crippen LogP contribution in [-0.4, -0.2) is 34.5 Å². The average Bonchev–Trinajstić information content (AvgIpc) is 3.19. The Balaban J connectivity index is 1.88. The summed E-state index contributed by atoms with van der Waals surface area (Å²) in [6, 6.07) is 8.82. The fourth-order valence-electron chi connectivity index (χ4n) is 3.30. The van der Waals surface area contributed by atoms with Crippen molar-refractivity contribution in [3.63, 3.8) is 0 Å². The molecule has 8 heteroatoms. The van der Waals surface area contributed by atoms with Crippen molar-refractivity contribution in [1.82, 2.24) is 14.5 Å². The number of nitrogens with zero attached hydrogens (tertiary/aromatic N) is 2. The standard InChI is InChI=1S/C18H16FN3O3S/c19-14-4-1-12(2-5-14)17-18(13-3-6-16(23)20-9-13)22(11-21-17)15-7-8-26(24,25)10-15/h1-6,9,11,15H,7-8,10H2,(H,20,23). The highest BCUT2D eigenvalue weighted by Crippen LogP contribution is 2.35. The van der Waals surface area contributed by atoms with Gasteiger partial charge < -0.3 is 9.55 Å². The Kier molecular flexibility index (Phi) is 3.99. The van der Waals surface area contributed by atoms with Crippen LogP contribution in [0.1, 0.15) is 12.5 Å². The Morgan fingerprint density at radius 3 is 2.46 bits per heavy atom. The maximum absolute atomic E-state index is 13.3. The Labute approximate surface area is 149 Å². The van der Waals surface area contributed by atoms with Gasteiger partial charge in [0.1, 0.15) is 5.82 Å². The van der Waals surface area contributed by atoms with Crippen LogP contribution >= 0.6 is 0 Å². The van der Waals surface area contributed by atoms with E-state index in [-0.39, 0.29) is 28.9 Å². The highest BCUT2D eigenvalue weighted by atomic mass is 32.2. The molecule has 1 saturated heterocycles. The van der Waals surface area contributed by atoms with Gasteiger partial charge in [0, 0.05) is 23.4 Å².